The average molecular weight is 561 g/mol. The van der Waals surface area contributed by atoms with Crippen LogP contribution in [-0.4, -0.2) is 33.7 Å². The number of benzene rings is 1. The number of nitrogen functional groups attached to an aromatic ring is 1. The van der Waals surface area contributed by atoms with Crippen molar-refractivity contribution in [3.63, 3.8) is 0 Å². The Labute approximate surface area is 205 Å². The van der Waals surface area contributed by atoms with Gasteiger partial charge in [-0.2, -0.15) is 0 Å². The van der Waals surface area contributed by atoms with Crippen molar-refractivity contribution in [3.8, 4) is 11.1 Å². The molecular weight excluding hydrogens is 537 g/mol. The molecule has 166 valence electrons. The third kappa shape index (κ3) is 4.26. The lowest BCUT2D eigenvalue weighted by Gasteiger charge is -2.23. The Morgan fingerprint density at radius 3 is 2.88 bits per heavy atom. The van der Waals surface area contributed by atoms with E-state index in [1.165, 1.54) is 12.2 Å². The Bertz CT molecular complexity index is 1270. The molecule has 4 heterocycles. The van der Waals surface area contributed by atoms with E-state index in [2.05, 4.69) is 39.7 Å². The lowest BCUT2D eigenvalue weighted by Crippen LogP contribution is -2.23. The summed E-state index contributed by atoms with van der Waals surface area (Å²) in [6, 6.07) is 8.38. The molecule has 0 spiro atoms. The van der Waals surface area contributed by atoms with Gasteiger partial charge >= 0.3 is 0 Å². The standard InChI is InChI=1S/C23H24IN5O2S/c1-14-8-17-19(13-29(32-31-24)23(17)28-10-14)16-2-3-20-18(9-16)22(25)21(12-27-20)26-11-15-4-6-30-7-5-15/h2-3,8-10,12-13,15,26H,4-7,11H2,1H3,(H2,25,27). The molecule has 3 N–H and O–H groups in total. The van der Waals surface area contributed by atoms with Crippen molar-refractivity contribution in [1.29, 1.82) is 0 Å². The summed E-state index contributed by atoms with van der Waals surface area (Å²) in [7, 11) is 0. The van der Waals surface area contributed by atoms with Gasteiger partial charge in [0.25, 0.3) is 0 Å². The summed E-state index contributed by atoms with van der Waals surface area (Å²) in [5.74, 6) is 0.602. The Morgan fingerprint density at radius 1 is 1.22 bits per heavy atom. The first kappa shape index (κ1) is 21.7. The van der Waals surface area contributed by atoms with Crippen LogP contribution in [0.15, 0.2) is 42.9 Å². The largest absolute Gasteiger partial charge is 0.396 e. The van der Waals surface area contributed by atoms with Gasteiger partial charge in [-0.3, -0.25) is 8.96 Å². The molecule has 0 radical (unpaired) electrons. The Balaban J connectivity index is 1.53. The van der Waals surface area contributed by atoms with Crippen molar-refractivity contribution >= 4 is 68.5 Å². The number of aryl methyl sites for hydroxylation is 1. The number of hydrogen-bond acceptors (Lipinski definition) is 7. The summed E-state index contributed by atoms with van der Waals surface area (Å²) < 4.78 is 12.7. The monoisotopic (exact) mass is 561 g/mol. The van der Waals surface area contributed by atoms with Crippen molar-refractivity contribution in [2.24, 2.45) is 5.92 Å². The van der Waals surface area contributed by atoms with Crippen LogP contribution in [0.1, 0.15) is 18.4 Å². The molecule has 0 unspecified atom stereocenters. The van der Waals surface area contributed by atoms with Gasteiger partial charge in [-0.25, -0.2) is 7.50 Å². The molecule has 0 saturated carbocycles. The molecule has 4 aromatic rings. The third-order valence-corrected chi connectivity index (χ3v) is 6.98. The van der Waals surface area contributed by atoms with E-state index in [0.717, 1.165) is 82.6 Å². The molecule has 3 aromatic heterocycles. The zero-order chi connectivity index (χ0) is 22.1. The summed E-state index contributed by atoms with van der Waals surface area (Å²) in [6.45, 7) is 4.61. The number of fused-ring (bicyclic) bond motifs is 2. The molecule has 1 aliphatic rings. The number of halogens is 1. The van der Waals surface area contributed by atoms with Gasteiger partial charge in [0.05, 0.1) is 23.1 Å². The smallest absolute Gasteiger partial charge is 0.152 e. The van der Waals surface area contributed by atoms with Crippen LogP contribution >= 0.6 is 35.2 Å². The van der Waals surface area contributed by atoms with Crippen LogP contribution in [0.5, 0.6) is 0 Å². The number of ether oxygens (including phenoxy) is 1. The van der Waals surface area contributed by atoms with Crippen molar-refractivity contribution in [1.82, 2.24) is 13.9 Å². The maximum absolute atomic E-state index is 6.60. The summed E-state index contributed by atoms with van der Waals surface area (Å²) in [6.07, 6.45) is 7.92. The maximum Gasteiger partial charge on any atom is 0.152 e. The lowest BCUT2D eigenvalue weighted by molar-refractivity contribution is 0.0699. The molecule has 9 heteroatoms. The molecule has 0 atom stereocenters. The van der Waals surface area contributed by atoms with Gasteiger partial charge in [-0.15, -0.1) is 0 Å². The van der Waals surface area contributed by atoms with Crippen LogP contribution < -0.4 is 11.1 Å². The van der Waals surface area contributed by atoms with Gasteiger partial charge in [-0.05, 0) is 55.0 Å². The molecule has 1 aliphatic heterocycles. The number of pyridine rings is 2. The van der Waals surface area contributed by atoms with Crippen molar-refractivity contribution in [2.45, 2.75) is 19.8 Å². The third-order valence-electron chi connectivity index (χ3n) is 6.00. The second kappa shape index (κ2) is 9.42. The maximum atomic E-state index is 6.60. The van der Waals surface area contributed by atoms with Gasteiger partial charge < -0.3 is 15.8 Å². The Kier molecular flexibility index (Phi) is 6.40. The second-order valence-corrected chi connectivity index (χ2v) is 9.89. The second-order valence-electron chi connectivity index (χ2n) is 8.14. The first-order valence-electron chi connectivity index (χ1n) is 10.6. The van der Waals surface area contributed by atoms with Crippen LogP contribution in [0.2, 0.25) is 0 Å². The number of nitrogens with zero attached hydrogens (tertiary/aromatic N) is 3. The van der Waals surface area contributed by atoms with Crippen LogP contribution in [0, 0.1) is 12.8 Å². The van der Waals surface area contributed by atoms with Gasteiger partial charge in [0.2, 0.25) is 0 Å². The highest BCUT2D eigenvalue weighted by Crippen LogP contribution is 2.36. The fourth-order valence-electron chi connectivity index (χ4n) is 4.23. The number of aromatic nitrogens is 3. The molecule has 0 amide bonds. The van der Waals surface area contributed by atoms with Gasteiger partial charge in [0.15, 0.2) is 5.65 Å². The van der Waals surface area contributed by atoms with Crippen LogP contribution in [0.4, 0.5) is 11.4 Å². The molecular formula is C23H24IN5O2S. The number of anilines is 2. The highest BCUT2D eigenvalue weighted by Gasteiger charge is 2.16. The first-order valence-corrected chi connectivity index (χ1v) is 12.2. The highest BCUT2D eigenvalue weighted by molar-refractivity contribution is 14.1. The van der Waals surface area contributed by atoms with E-state index in [4.69, 9.17) is 13.0 Å². The lowest BCUT2D eigenvalue weighted by atomic mass is 10.00. The summed E-state index contributed by atoms with van der Waals surface area (Å²) in [5.41, 5.74) is 13.2. The van der Waals surface area contributed by atoms with Crippen molar-refractivity contribution < 1.29 is 7.25 Å². The Morgan fingerprint density at radius 2 is 2.06 bits per heavy atom. The van der Waals surface area contributed by atoms with E-state index in [0.29, 0.717) is 5.92 Å². The van der Waals surface area contributed by atoms with E-state index < -0.39 is 0 Å². The predicted molar refractivity (Wildman–Crippen MR) is 140 cm³/mol. The van der Waals surface area contributed by atoms with E-state index in [-0.39, 0.29) is 0 Å². The quantitative estimate of drug-likeness (QED) is 0.229. The first-order chi connectivity index (χ1) is 15.6. The minimum atomic E-state index is 0.602. The molecule has 0 aliphatic carbocycles. The minimum absolute atomic E-state index is 0.602. The van der Waals surface area contributed by atoms with E-state index >= 15 is 0 Å². The fraction of sp³-hybridized carbons (Fsp3) is 0.304. The molecule has 0 bridgehead atoms. The van der Waals surface area contributed by atoms with E-state index in [1.54, 1.807) is 0 Å². The highest BCUT2D eigenvalue weighted by atomic mass is 127. The topological polar surface area (TPSA) is 87.2 Å². The molecule has 5 rings (SSSR count). The van der Waals surface area contributed by atoms with E-state index in [1.807, 2.05) is 52.4 Å². The molecule has 1 aromatic carbocycles. The number of nitrogens with two attached hydrogens (primary N) is 1. The average Bonchev–Trinajstić information content (AvgIpc) is 3.17. The number of rotatable bonds is 6. The predicted octanol–water partition coefficient (Wildman–Crippen LogP) is 5.76. The van der Waals surface area contributed by atoms with Crippen LogP contribution in [0.3, 0.4) is 0 Å². The SMILES string of the molecule is Cc1cnc2c(c1)c(-c1ccc3ncc(NCC4CCOCC4)c(N)c3c1)cn2SOI. The normalized spacial score (nSPS) is 14.9. The molecule has 32 heavy (non-hydrogen) atoms. The van der Waals surface area contributed by atoms with Gasteiger partial charge in [-0.1, -0.05) is 6.07 Å². The Hall–Kier alpha value is -2.08. The number of nitrogens with one attached hydrogen (secondary N) is 1. The van der Waals surface area contributed by atoms with Crippen molar-refractivity contribution in [2.75, 3.05) is 30.8 Å². The van der Waals surface area contributed by atoms with Crippen molar-refractivity contribution in [3.05, 3.63) is 48.4 Å². The minimum Gasteiger partial charge on any atom is -0.396 e. The van der Waals surface area contributed by atoms with Gasteiger partial charge in [0.1, 0.15) is 35.2 Å². The van der Waals surface area contributed by atoms with Crippen LogP contribution in [0.25, 0.3) is 33.1 Å². The fourth-order valence-corrected chi connectivity index (χ4v) is 5.17. The zero-order valence-electron chi connectivity index (χ0n) is 17.7. The summed E-state index contributed by atoms with van der Waals surface area (Å²) in [5, 5.41) is 5.53. The zero-order valence-corrected chi connectivity index (χ0v) is 20.7. The number of hydrogen-bond donors (Lipinski definition) is 2. The molecule has 7 nitrogen and oxygen atoms in total. The summed E-state index contributed by atoms with van der Waals surface area (Å²) in [4.78, 5) is 9.25. The summed E-state index contributed by atoms with van der Waals surface area (Å²) >= 11 is 3.11. The molecule has 1 saturated heterocycles. The van der Waals surface area contributed by atoms with E-state index in [9.17, 15) is 0 Å². The van der Waals surface area contributed by atoms with Gasteiger partial charge in [0, 0.05) is 48.5 Å². The molecule has 1 fully saturated rings. The van der Waals surface area contributed by atoms with Crippen LogP contribution in [-0.2, 0) is 7.25 Å².